The van der Waals surface area contributed by atoms with Crippen molar-refractivity contribution in [3.63, 3.8) is 0 Å². The summed E-state index contributed by atoms with van der Waals surface area (Å²) in [6.07, 6.45) is -3.62. The van der Waals surface area contributed by atoms with Crippen molar-refractivity contribution in [2.75, 3.05) is 29.6 Å². The van der Waals surface area contributed by atoms with Crippen LogP contribution in [0.1, 0.15) is 5.56 Å². The smallest absolute Gasteiger partial charge is 0.328 e. The molecule has 4 rings (SSSR count). The number of Topliss-reactive ketones (excluding diaryl/α,β-unsaturated/α-hetero) is 1. The molecular weight excluding hydrogens is 429 g/mol. The second-order valence-corrected chi connectivity index (χ2v) is 7.70. The highest BCUT2D eigenvalue weighted by molar-refractivity contribution is 7.99. The van der Waals surface area contributed by atoms with Gasteiger partial charge in [0, 0.05) is 20.3 Å². The van der Waals surface area contributed by atoms with E-state index < -0.39 is 17.5 Å². The molecule has 158 valence electrons. The number of aromatic nitrogens is 3. The second-order valence-electron chi connectivity index (χ2n) is 6.76. The zero-order valence-corrected chi connectivity index (χ0v) is 17.2. The lowest BCUT2D eigenvalue weighted by Crippen LogP contribution is -2.26. The van der Waals surface area contributed by atoms with E-state index in [-0.39, 0.29) is 22.1 Å². The van der Waals surface area contributed by atoms with Crippen molar-refractivity contribution in [3.8, 4) is 6.07 Å². The Balaban J connectivity index is 1.60. The number of benzene rings is 1. The second kappa shape index (κ2) is 7.63. The summed E-state index contributed by atoms with van der Waals surface area (Å²) in [6.45, 7) is 0. The third-order valence-electron chi connectivity index (χ3n) is 4.88. The highest BCUT2D eigenvalue weighted by Crippen LogP contribution is 2.40. The fourth-order valence-corrected chi connectivity index (χ4v) is 4.18. The molecular formula is C20H15F3N6OS. The minimum Gasteiger partial charge on any atom is -0.328 e. The molecule has 0 saturated heterocycles. The van der Waals surface area contributed by atoms with Gasteiger partial charge < -0.3 is 9.80 Å². The molecule has 0 amide bonds. The Hall–Kier alpha value is -3.52. The monoisotopic (exact) mass is 444 g/mol. The van der Waals surface area contributed by atoms with Crippen LogP contribution in [0, 0.1) is 11.3 Å². The van der Waals surface area contributed by atoms with Gasteiger partial charge in [-0.3, -0.25) is 9.20 Å². The lowest BCUT2D eigenvalue weighted by molar-refractivity contribution is -0.137. The molecule has 31 heavy (non-hydrogen) atoms. The number of allylic oxidation sites excluding steroid dienone is 1. The Morgan fingerprint density at radius 2 is 1.74 bits per heavy atom. The van der Waals surface area contributed by atoms with Gasteiger partial charge in [-0.25, -0.2) is 0 Å². The van der Waals surface area contributed by atoms with Crippen LogP contribution in [0.2, 0.25) is 0 Å². The number of hydrogen-bond acceptors (Lipinski definition) is 7. The van der Waals surface area contributed by atoms with E-state index in [4.69, 9.17) is 0 Å². The van der Waals surface area contributed by atoms with Crippen LogP contribution in [0.5, 0.6) is 0 Å². The minimum absolute atomic E-state index is 0.0431. The summed E-state index contributed by atoms with van der Waals surface area (Å²) < 4.78 is 40.2. The van der Waals surface area contributed by atoms with E-state index in [0.717, 1.165) is 35.4 Å². The van der Waals surface area contributed by atoms with Crippen LogP contribution in [0.4, 0.5) is 24.5 Å². The maximum Gasteiger partial charge on any atom is 0.417 e. The predicted octanol–water partition coefficient (Wildman–Crippen LogP) is 3.73. The van der Waals surface area contributed by atoms with E-state index in [2.05, 4.69) is 10.2 Å². The summed E-state index contributed by atoms with van der Waals surface area (Å²) in [6, 6.07) is 11.6. The van der Waals surface area contributed by atoms with Gasteiger partial charge in [-0.1, -0.05) is 23.9 Å². The molecule has 0 bridgehead atoms. The van der Waals surface area contributed by atoms with Crippen molar-refractivity contribution < 1.29 is 18.0 Å². The lowest BCUT2D eigenvalue weighted by atomic mass is 10.2. The van der Waals surface area contributed by atoms with Gasteiger partial charge in [0.05, 0.1) is 22.7 Å². The summed E-state index contributed by atoms with van der Waals surface area (Å²) in [4.78, 5) is 16.4. The van der Waals surface area contributed by atoms with Crippen LogP contribution < -0.4 is 9.80 Å². The Morgan fingerprint density at radius 3 is 2.32 bits per heavy atom. The molecule has 3 aromatic rings. The van der Waals surface area contributed by atoms with Gasteiger partial charge in [-0.05, 0) is 24.3 Å². The number of alkyl halides is 3. The van der Waals surface area contributed by atoms with Crippen LogP contribution in [-0.4, -0.2) is 40.2 Å². The van der Waals surface area contributed by atoms with Gasteiger partial charge in [-0.15, -0.1) is 10.2 Å². The topological polar surface area (TPSA) is 77.5 Å². The molecule has 1 aromatic carbocycles. The highest BCUT2D eigenvalue weighted by atomic mass is 32.2. The van der Waals surface area contributed by atoms with Crippen LogP contribution in [0.3, 0.4) is 0 Å². The normalized spacial score (nSPS) is 13.5. The van der Waals surface area contributed by atoms with Crippen molar-refractivity contribution in [3.05, 3.63) is 59.6 Å². The maximum absolute atomic E-state index is 13.0. The van der Waals surface area contributed by atoms with Gasteiger partial charge in [0.1, 0.15) is 17.5 Å². The number of anilines is 2. The van der Waals surface area contributed by atoms with E-state index in [1.807, 2.05) is 30.3 Å². The number of rotatable bonds is 4. The first-order valence-electron chi connectivity index (χ1n) is 9.01. The third kappa shape index (κ3) is 3.59. The van der Waals surface area contributed by atoms with E-state index in [1.54, 1.807) is 23.9 Å². The molecule has 0 saturated carbocycles. The van der Waals surface area contributed by atoms with Crippen molar-refractivity contribution in [1.29, 1.82) is 5.26 Å². The predicted molar refractivity (Wildman–Crippen MR) is 110 cm³/mol. The number of nitriles is 1. The maximum atomic E-state index is 13.0. The molecule has 0 atom stereocenters. The first-order valence-corrected chi connectivity index (χ1v) is 9.99. The zero-order chi connectivity index (χ0) is 22.3. The van der Waals surface area contributed by atoms with Gasteiger partial charge in [-0.2, -0.15) is 18.4 Å². The molecule has 11 heteroatoms. The average Bonchev–Trinajstić information content (AvgIpc) is 3.26. The number of fused-ring (bicyclic) bond motifs is 2. The molecule has 2 aromatic heterocycles. The molecule has 7 nitrogen and oxygen atoms in total. The Bertz CT molecular complexity index is 1230. The molecule has 0 radical (unpaired) electrons. The number of halogens is 3. The van der Waals surface area contributed by atoms with E-state index in [1.165, 1.54) is 10.5 Å². The number of carbonyl (C=O) groups excluding carboxylic acids is 1. The Labute approximate surface area is 179 Å². The summed E-state index contributed by atoms with van der Waals surface area (Å²) in [5.74, 6) is -0.195. The molecule has 0 aliphatic carbocycles. The van der Waals surface area contributed by atoms with Crippen molar-refractivity contribution in [2.24, 2.45) is 0 Å². The first-order chi connectivity index (χ1) is 14.7. The van der Waals surface area contributed by atoms with Gasteiger partial charge >= 0.3 is 6.18 Å². The quantitative estimate of drug-likeness (QED) is 0.345. The van der Waals surface area contributed by atoms with E-state index in [9.17, 15) is 23.2 Å². The number of thioether (sulfide) groups is 1. The number of carbonyl (C=O) groups is 1. The van der Waals surface area contributed by atoms with Gasteiger partial charge in [0.15, 0.2) is 16.6 Å². The number of pyridine rings is 1. The van der Waals surface area contributed by atoms with Crippen molar-refractivity contribution in [2.45, 2.75) is 11.3 Å². The van der Waals surface area contributed by atoms with Gasteiger partial charge in [0.25, 0.3) is 0 Å². The largest absolute Gasteiger partial charge is 0.417 e. The average molecular weight is 444 g/mol. The number of nitrogens with zero attached hydrogens (tertiary/aromatic N) is 6. The van der Waals surface area contributed by atoms with Crippen LogP contribution in [-0.2, 0) is 11.0 Å². The molecule has 1 aliphatic rings. The molecule has 0 unspecified atom stereocenters. The van der Waals surface area contributed by atoms with Crippen LogP contribution in [0.25, 0.3) is 5.65 Å². The standard InChI is InChI=1S/C20H15F3N6OS/c1-27-14-5-3-4-6-15(14)28(2)18(27)13(9-24)16(30)11-31-19-26-25-17-8-7-12(10-29(17)19)20(21,22)23/h3-8,10H,11H2,1-2H3. The fraction of sp³-hybridized carbons (Fsp3) is 0.200. The lowest BCUT2D eigenvalue weighted by Gasteiger charge is -2.19. The zero-order valence-electron chi connectivity index (χ0n) is 16.4. The molecule has 0 fully saturated rings. The SMILES string of the molecule is CN1C(=C(C#N)C(=O)CSc2nnc3ccc(C(F)(F)F)cn23)N(C)c2ccccc21. The third-order valence-corrected chi connectivity index (χ3v) is 5.83. The van der Waals surface area contributed by atoms with Gasteiger partial charge in [0.2, 0.25) is 0 Å². The highest BCUT2D eigenvalue weighted by Gasteiger charge is 2.32. The Kier molecular flexibility index (Phi) is 5.10. The van der Waals surface area contributed by atoms with Crippen LogP contribution in [0.15, 0.2) is 59.1 Å². The minimum atomic E-state index is -4.51. The number of ketones is 1. The molecule has 3 heterocycles. The summed E-state index contributed by atoms with van der Waals surface area (Å²) >= 11 is 0.923. The Morgan fingerprint density at radius 1 is 1.10 bits per heavy atom. The number of para-hydroxylation sites is 2. The first kappa shape index (κ1) is 20.7. The van der Waals surface area contributed by atoms with E-state index in [0.29, 0.717) is 5.82 Å². The van der Waals surface area contributed by atoms with Crippen molar-refractivity contribution in [1.82, 2.24) is 14.6 Å². The van der Waals surface area contributed by atoms with Crippen LogP contribution >= 0.6 is 11.8 Å². The van der Waals surface area contributed by atoms with E-state index >= 15 is 0 Å². The number of hydrogen-bond donors (Lipinski definition) is 0. The molecule has 1 aliphatic heterocycles. The summed E-state index contributed by atoms with van der Waals surface area (Å²) in [7, 11) is 3.53. The molecule has 0 spiro atoms. The summed E-state index contributed by atoms with van der Waals surface area (Å²) in [5, 5.41) is 17.5. The fourth-order valence-electron chi connectivity index (χ4n) is 3.40. The summed E-state index contributed by atoms with van der Waals surface area (Å²) in [5.41, 5.74) is 1.05. The van der Waals surface area contributed by atoms with Crippen molar-refractivity contribution >= 4 is 34.6 Å². The molecule has 0 N–H and O–H groups in total.